The Labute approximate surface area is 133 Å². The van der Waals surface area contributed by atoms with Crippen LogP contribution >= 0.6 is 11.8 Å². The Morgan fingerprint density at radius 2 is 1.91 bits per heavy atom. The van der Waals surface area contributed by atoms with Crippen molar-refractivity contribution in [2.45, 2.75) is 9.92 Å². The minimum absolute atomic E-state index is 0.451. The van der Waals surface area contributed by atoms with E-state index < -0.39 is 5.91 Å². The molecule has 1 fully saturated rings. The molecule has 22 heavy (non-hydrogen) atoms. The Morgan fingerprint density at radius 1 is 1.18 bits per heavy atom. The molecule has 0 aliphatic carbocycles. The summed E-state index contributed by atoms with van der Waals surface area (Å²) in [5, 5.41) is 3.99. The Balaban J connectivity index is 1.75. The molecule has 2 heterocycles. The molecule has 1 saturated heterocycles. The number of piperazine rings is 1. The van der Waals surface area contributed by atoms with Crippen LogP contribution in [0, 0.1) is 0 Å². The lowest BCUT2D eigenvalue weighted by Crippen LogP contribution is -2.43. The zero-order valence-corrected chi connectivity index (χ0v) is 13.0. The zero-order chi connectivity index (χ0) is 15.4. The predicted octanol–water partition coefficient (Wildman–Crippen LogP) is 1.74. The highest BCUT2D eigenvalue weighted by atomic mass is 32.2. The molecule has 5 nitrogen and oxygen atoms in total. The van der Waals surface area contributed by atoms with Crippen LogP contribution in [0.2, 0.25) is 0 Å². The first-order valence-electron chi connectivity index (χ1n) is 7.22. The summed E-state index contributed by atoms with van der Waals surface area (Å²) >= 11 is 1.46. The Hall–Kier alpha value is -2.05. The number of aromatic nitrogens is 1. The number of nitrogens with two attached hydrogens (primary N) is 1. The summed E-state index contributed by atoms with van der Waals surface area (Å²) in [6.07, 6.45) is 1.67. The van der Waals surface area contributed by atoms with Gasteiger partial charge in [0.15, 0.2) is 0 Å². The molecule has 1 aromatic heterocycles. The largest absolute Gasteiger partial charge is 0.369 e. The van der Waals surface area contributed by atoms with Crippen molar-refractivity contribution in [2.24, 2.45) is 5.73 Å². The second-order valence-corrected chi connectivity index (χ2v) is 6.12. The Morgan fingerprint density at radius 3 is 2.59 bits per heavy atom. The van der Waals surface area contributed by atoms with Crippen LogP contribution in [0.25, 0.3) is 0 Å². The van der Waals surface area contributed by atoms with Crippen molar-refractivity contribution >= 4 is 23.4 Å². The van der Waals surface area contributed by atoms with E-state index >= 15 is 0 Å². The molecular weight excluding hydrogens is 296 g/mol. The van der Waals surface area contributed by atoms with Crippen LogP contribution in [0.1, 0.15) is 10.4 Å². The lowest BCUT2D eigenvalue weighted by Gasteiger charge is -2.29. The normalized spacial score (nSPS) is 14.8. The van der Waals surface area contributed by atoms with E-state index in [1.54, 1.807) is 18.3 Å². The first kappa shape index (κ1) is 14.9. The number of carbonyl (C=O) groups excluding carboxylic acids is 1. The van der Waals surface area contributed by atoms with Crippen LogP contribution in [-0.4, -0.2) is 37.1 Å². The van der Waals surface area contributed by atoms with E-state index in [2.05, 4.69) is 39.5 Å². The van der Waals surface area contributed by atoms with Crippen LogP contribution in [0.4, 0.5) is 5.69 Å². The summed E-state index contributed by atoms with van der Waals surface area (Å²) in [6.45, 7) is 4.09. The van der Waals surface area contributed by atoms with Gasteiger partial charge in [0.2, 0.25) is 0 Å². The van der Waals surface area contributed by atoms with Crippen LogP contribution in [0.3, 0.4) is 0 Å². The van der Waals surface area contributed by atoms with Gasteiger partial charge < -0.3 is 16.0 Å². The highest BCUT2D eigenvalue weighted by Crippen LogP contribution is 2.30. The summed E-state index contributed by atoms with van der Waals surface area (Å²) in [5.74, 6) is -0.451. The molecule has 3 N–H and O–H groups in total. The zero-order valence-electron chi connectivity index (χ0n) is 12.2. The molecule has 0 radical (unpaired) electrons. The van der Waals surface area contributed by atoms with Gasteiger partial charge >= 0.3 is 0 Å². The first-order valence-corrected chi connectivity index (χ1v) is 8.04. The van der Waals surface area contributed by atoms with E-state index in [9.17, 15) is 4.79 Å². The lowest BCUT2D eigenvalue weighted by atomic mass is 10.2. The molecule has 0 spiro atoms. The van der Waals surface area contributed by atoms with Crippen molar-refractivity contribution < 1.29 is 4.79 Å². The number of carbonyl (C=O) groups is 1. The number of rotatable bonds is 4. The summed E-state index contributed by atoms with van der Waals surface area (Å²) in [6, 6.07) is 11.8. The first-order chi connectivity index (χ1) is 10.7. The molecular formula is C16H18N4OS. The topological polar surface area (TPSA) is 71.2 Å². The molecule has 114 valence electrons. The predicted molar refractivity (Wildman–Crippen MR) is 88.4 cm³/mol. The molecule has 0 bridgehead atoms. The van der Waals surface area contributed by atoms with E-state index in [1.807, 2.05) is 0 Å². The summed E-state index contributed by atoms with van der Waals surface area (Å²) in [4.78, 5) is 19.1. The fourth-order valence-electron chi connectivity index (χ4n) is 2.42. The van der Waals surface area contributed by atoms with E-state index in [-0.39, 0.29) is 0 Å². The molecule has 0 atom stereocenters. The van der Waals surface area contributed by atoms with Crippen LogP contribution < -0.4 is 16.0 Å². The van der Waals surface area contributed by atoms with E-state index in [0.29, 0.717) is 10.6 Å². The molecule has 1 aromatic carbocycles. The number of hydrogen-bond donors (Lipinski definition) is 2. The molecule has 1 aliphatic rings. The minimum Gasteiger partial charge on any atom is -0.369 e. The highest BCUT2D eigenvalue weighted by Gasteiger charge is 2.12. The fourth-order valence-corrected chi connectivity index (χ4v) is 3.31. The average molecular weight is 314 g/mol. The number of amides is 1. The van der Waals surface area contributed by atoms with Crippen molar-refractivity contribution in [1.82, 2.24) is 10.3 Å². The monoisotopic (exact) mass is 314 g/mol. The van der Waals surface area contributed by atoms with E-state index in [0.717, 1.165) is 31.1 Å². The SMILES string of the molecule is NC(=O)c1cccnc1Sc1ccc(N2CCNCC2)cc1. The standard InChI is InChI=1S/C16H18N4OS/c17-15(21)14-2-1-7-19-16(14)22-13-5-3-12(4-6-13)20-10-8-18-9-11-20/h1-7,18H,8-11H2,(H2,17,21). The van der Waals surface area contributed by atoms with Gasteiger partial charge in [-0.15, -0.1) is 0 Å². The van der Waals surface area contributed by atoms with Crippen molar-refractivity contribution in [3.8, 4) is 0 Å². The third-order valence-electron chi connectivity index (χ3n) is 3.57. The number of pyridine rings is 1. The van der Waals surface area contributed by atoms with Crippen molar-refractivity contribution in [3.05, 3.63) is 48.2 Å². The van der Waals surface area contributed by atoms with Crippen molar-refractivity contribution in [1.29, 1.82) is 0 Å². The van der Waals surface area contributed by atoms with Gasteiger partial charge in [-0.05, 0) is 36.4 Å². The molecule has 1 amide bonds. The van der Waals surface area contributed by atoms with Gasteiger partial charge in [-0.3, -0.25) is 4.79 Å². The third kappa shape index (κ3) is 3.40. The van der Waals surface area contributed by atoms with Crippen LogP contribution in [0.5, 0.6) is 0 Å². The number of nitrogens with zero attached hydrogens (tertiary/aromatic N) is 2. The fraction of sp³-hybridized carbons (Fsp3) is 0.250. The van der Waals surface area contributed by atoms with Crippen LogP contribution in [0.15, 0.2) is 52.5 Å². The second kappa shape index (κ2) is 6.81. The highest BCUT2D eigenvalue weighted by molar-refractivity contribution is 7.99. The van der Waals surface area contributed by atoms with Gasteiger partial charge in [-0.25, -0.2) is 4.98 Å². The Bertz CT molecular complexity index is 653. The third-order valence-corrected chi connectivity index (χ3v) is 4.60. The number of primary amides is 1. The van der Waals surface area contributed by atoms with E-state index in [1.165, 1.54) is 17.4 Å². The van der Waals surface area contributed by atoms with Crippen LogP contribution in [-0.2, 0) is 0 Å². The Kier molecular flexibility index (Phi) is 4.60. The number of benzene rings is 1. The second-order valence-electron chi connectivity index (χ2n) is 5.05. The lowest BCUT2D eigenvalue weighted by molar-refractivity contribution is 0.0997. The number of anilines is 1. The molecule has 6 heteroatoms. The van der Waals surface area contributed by atoms with Crippen molar-refractivity contribution in [2.75, 3.05) is 31.1 Å². The maximum absolute atomic E-state index is 11.4. The molecule has 0 unspecified atom stereocenters. The molecule has 1 aliphatic heterocycles. The van der Waals surface area contributed by atoms with E-state index in [4.69, 9.17) is 5.73 Å². The minimum atomic E-state index is -0.451. The van der Waals surface area contributed by atoms with Gasteiger partial charge in [-0.2, -0.15) is 0 Å². The van der Waals surface area contributed by atoms with Gasteiger partial charge in [0.1, 0.15) is 5.03 Å². The van der Waals surface area contributed by atoms with Gasteiger partial charge in [0, 0.05) is 43.0 Å². The molecule has 3 rings (SSSR count). The summed E-state index contributed by atoms with van der Waals surface area (Å²) in [5.41, 5.74) is 7.07. The van der Waals surface area contributed by atoms with Crippen molar-refractivity contribution in [3.63, 3.8) is 0 Å². The summed E-state index contributed by atoms with van der Waals surface area (Å²) in [7, 11) is 0. The average Bonchev–Trinajstić information content (AvgIpc) is 2.57. The molecule has 2 aromatic rings. The van der Waals surface area contributed by atoms with Gasteiger partial charge in [0.05, 0.1) is 5.56 Å². The maximum atomic E-state index is 11.4. The van der Waals surface area contributed by atoms with Gasteiger partial charge in [-0.1, -0.05) is 11.8 Å². The van der Waals surface area contributed by atoms with Gasteiger partial charge in [0.25, 0.3) is 5.91 Å². The summed E-state index contributed by atoms with van der Waals surface area (Å²) < 4.78 is 0. The quantitative estimate of drug-likeness (QED) is 0.899. The number of nitrogens with one attached hydrogen (secondary N) is 1. The smallest absolute Gasteiger partial charge is 0.251 e. The number of hydrogen-bond acceptors (Lipinski definition) is 5. The molecule has 0 saturated carbocycles. The maximum Gasteiger partial charge on any atom is 0.251 e.